The number of ether oxygens (including phenoxy) is 1. The molecule has 0 aromatic carbocycles. The summed E-state index contributed by atoms with van der Waals surface area (Å²) in [6.07, 6.45) is 10.1. The number of quaternary nitrogens is 1. The topological polar surface area (TPSA) is 97.2 Å². The first kappa shape index (κ1) is 38.3. The van der Waals surface area contributed by atoms with Gasteiger partial charge in [-0.2, -0.15) is 0 Å². The number of alkyl halides is 2. The Morgan fingerprint density at radius 3 is 2.18 bits per heavy atom. The highest BCUT2D eigenvalue weighted by molar-refractivity contribution is 5.72. The van der Waals surface area contributed by atoms with Gasteiger partial charge in [-0.3, -0.25) is 14.3 Å². The van der Waals surface area contributed by atoms with E-state index in [9.17, 15) is 18.7 Å². The van der Waals surface area contributed by atoms with Gasteiger partial charge < -0.3 is 15.2 Å². The van der Waals surface area contributed by atoms with E-state index in [2.05, 4.69) is 41.0 Å². The third-order valence-electron chi connectivity index (χ3n) is 10.1. The minimum absolute atomic E-state index is 0.0344. The van der Waals surface area contributed by atoms with Crippen LogP contribution in [0.5, 0.6) is 0 Å². The predicted octanol–water partition coefficient (Wildman–Crippen LogP) is 9.26. The number of anilines is 2. The summed E-state index contributed by atoms with van der Waals surface area (Å²) in [5, 5.41) is 14.7. The highest BCUT2D eigenvalue weighted by atomic mass is 19.3. The molecule has 1 aliphatic carbocycles. The molecule has 3 heterocycles. The van der Waals surface area contributed by atoms with E-state index >= 15 is 0 Å². The van der Waals surface area contributed by atoms with Crippen LogP contribution in [0.3, 0.4) is 0 Å². The maximum absolute atomic E-state index is 13.3. The number of hydrogen-bond acceptors (Lipinski definition) is 7. The Morgan fingerprint density at radius 1 is 0.959 bits per heavy atom. The van der Waals surface area contributed by atoms with E-state index in [0.717, 1.165) is 73.8 Å². The van der Waals surface area contributed by atoms with Crippen LogP contribution in [0.1, 0.15) is 115 Å². The van der Waals surface area contributed by atoms with E-state index in [-0.39, 0.29) is 29.2 Å². The Hall–Kier alpha value is -3.50. The second kappa shape index (κ2) is 17.9. The predicted molar refractivity (Wildman–Crippen MR) is 190 cm³/mol. The Labute approximate surface area is 291 Å². The number of rotatable bonds is 18. The SMILES string of the molecule is CCCC[N+](CCCC)(CCCC)COC(=O)[C@H]1CC[C@H]([C@@](C)(O)c2ccc(-c3cc(C)cc(Nc4cc(C(F)F)ccn4)n3)cn2)CC1. The molecule has 3 aromatic heterocycles. The monoisotopic (exact) mass is 680 g/mol. The van der Waals surface area contributed by atoms with Gasteiger partial charge in [-0.25, -0.2) is 18.7 Å². The van der Waals surface area contributed by atoms with Crippen molar-refractivity contribution in [1.82, 2.24) is 15.0 Å². The molecule has 3 aromatic rings. The number of aliphatic hydroxyl groups is 1. The third kappa shape index (κ3) is 10.5. The van der Waals surface area contributed by atoms with Gasteiger partial charge in [0.2, 0.25) is 6.73 Å². The first-order valence-electron chi connectivity index (χ1n) is 18.2. The van der Waals surface area contributed by atoms with Crippen LogP contribution >= 0.6 is 0 Å². The number of aryl methyl sites for hydroxylation is 1. The van der Waals surface area contributed by atoms with Gasteiger partial charge in [-0.05, 0) is 107 Å². The van der Waals surface area contributed by atoms with E-state index in [1.807, 2.05) is 38.1 Å². The van der Waals surface area contributed by atoms with Gasteiger partial charge in [-0.1, -0.05) is 40.0 Å². The van der Waals surface area contributed by atoms with Crippen LogP contribution in [0.4, 0.5) is 20.4 Å². The van der Waals surface area contributed by atoms with Crippen molar-refractivity contribution >= 4 is 17.6 Å². The summed E-state index contributed by atoms with van der Waals surface area (Å²) in [4.78, 5) is 26.8. The quantitative estimate of drug-likeness (QED) is 0.0785. The molecule has 1 fully saturated rings. The lowest BCUT2D eigenvalue weighted by Gasteiger charge is -2.39. The Kier molecular flexibility index (Phi) is 14.0. The summed E-state index contributed by atoms with van der Waals surface area (Å²) < 4.78 is 33.3. The first-order valence-corrected chi connectivity index (χ1v) is 18.2. The Morgan fingerprint density at radius 2 is 1.61 bits per heavy atom. The molecule has 8 nitrogen and oxygen atoms in total. The molecular weight excluding hydrogens is 624 g/mol. The second-order valence-corrected chi connectivity index (χ2v) is 14.1. The van der Waals surface area contributed by atoms with Crippen molar-refractivity contribution in [3.63, 3.8) is 0 Å². The molecule has 268 valence electrons. The minimum Gasteiger partial charge on any atom is -0.415 e. The third-order valence-corrected chi connectivity index (χ3v) is 10.1. The van der Waals surface area contributed by atoms with Crippen LogP contribution in [-0.2, 0) is 15.1 Å². The van der Waals surface area contributed by atoms with E-state index in [0.29, 0.717) is 49.6 Å². The number of halogens is 2. The van der Waals surface area contributed by atoms with Crippen LogP contribution in [0.15, 0.2) is 48.8 Å². The van der Waals surface area contributed by atoms with Crippen LogP contribution < -0.4 is 5.32 Å². The lowest BCUT2D eigenvalue weighted by Crippen LogP contribution is -2.52. The summed E-state index contributed by atoms with van der Waals surface area (Å²) in [5.41, 5.74) is 1.65. The molecule has 0 bridgehead atoms. The number of aromatic nitrogens is 3. The van der Waals surface area contributed by atoms with Crippen molar-refractivity contribution in [3.05, 3.63) is 65.6 Å². The maximum atomic E-state index is 13.3. The Bertz CT molecular complexity index is 1450. The number of hydrogen-bond donors (Lipinski definition) is 2. The van der Waals surface area contributed by atoms with Gasteiger partial charge in [0.1, 0.15) is 17.2 Å². The first-order chi connectivity index (χ1) is 23.5. The zero-order valence-electron chi connectivity index (χ0n) is 30.1. The van der Waals surface area contributed by atoms with Gasteiger partial charge in [0, 0.05) is 23.5 Å². The molecule has 0 unspecified atom stereocenters. The van der Waals surface area contributed by atoms with Gasteiger partial charge in [0.15, 0.2) is 0 Å². The molecule has 0 spiro atoms. The van der Waals surface area contributed by atoms with E-state index in [1.54, 1.807) is 6.20 Å². The molecule has 0 radical (unpaired) electrons. The number of pyridine rings is 3. The van der Waals surface area contributed by atoms with Crippen molar-refractivity contribution in [2.24, 2.45) is 11.8 Å². The molecule has 10 heteroatoms. The van der Waals surface area contributed by atoms with Gasteiger partial charge in [0.25, 0.3) is 6.43 Å². The van der Waals surface area contributed by atoms with Gasteiger partial charge in [-0.15, -0.1) is 0 Å². The number of carbonyl (C=O) groups is 1. The van der Waals surface area contributed by atoms with Crippen LogP contribution in [0.2, 0.25) is 0 Å². The molecule has 0 saturated heterocycles. The zero-order valence-corrected chi connectivity index (χ0v) is 30.1. The summed E-state index contributed by atoms with van der Waals surface area (Å²) >= 11 is 0. The molecule has 0 aliphatic heterocycles. The average Bonchev–Trinajstić information content (AvgIpc) is 3.11. The number of unbranched alkanes of at least 4 members (excludes halogenated alkanes) is 3. The second-order valence-electron chi connectivity index (χ2n) is 14.1. The molecule has 1 saturated carbocycles. The molecule has 1 aliphatic rings. The molecule has 4 rings (SSSR count). The van der Waals surface area contributed by atoms with Crippen LogP contribution in [0, 0.1) is 18.8 Å². The lowest BCUT2D eigenvalue weighted by molar-refractivity contribution is -0.944. The number of carbonyl (C=O) groups excluding carboxylic acids is 1. The summed E-state index contributed by atoms with van der Waals surface area (Å²) in [6, 6.07) is 10.1. The van der Waals surface area contributed by atoms with E-state index in [4.69, 9.17) is 4.74 Å². The average molecular weight is 681 g/mol. The van der Waals surface area contributed by atoms with Crippen LogP contribution in [-0.4, -0.2) is 56.9 Å². The highest BCUT2D eigenvalue weighted by Crippen LogP contribution is 2.41. The van der Waals surface area contributed by atoms with Crippen LogP contribution in [0.25, 0.3) is 11.3 Å². The normalized spacial score (nSPS) is 17.9. The standard InChI is InChI=1S/C39H56F2N5O3/c1-6-9-20-46(21-10-7-2,22-11-8-3)27-49-38(47)29-12-15-32(16-13-29)39(5,48)34-17-14-31(26-43-34)33-23-28(4)24-36(44-33)45-35-25-30(37(40)41)18-19-42-35/h14,17-19,23-26,29,32,37,48H,6-13,15-16,20-22,27H2,1-5H3,(H,42,44,45)/q+1/t29-,32-,39-/m1/s1. The molecule has 49 heavy (non-hydrogen) atoms. The molecular formula is C39H56F2N5O3+. The van der Waals surface area contributed by atoms with Gasteiger partial charge >= 0.3 is 5.97 Å². The summed E-state index contributed by atoms with van der Waals surface area (Å²) in [5.74, 6) is 0.494. The van der Waals surface area contributed by atoms with Crippen molar-refractivity contribution in [2.45, 2.75) is 111 Å². The smallest absolute Gasteiger partial charge is 0.313 e. The molecule has 1 atom stereocenters. The number of esters is 1. The fourth-order valence-corrected chi connectivity index (χ4v) is 6.93. The lowest BCUT2D eigenvalue weighted by atomic mass is 9.73. The van der Waals surface area contributed by atoms with Crippen molar-refractivity contribution < 1.29 is 27.9 Å². The fourth-order valence-electron chi connectivity index (χ4n) is 6.93. The fraction of sp³-hybridized carbons (Fsp3) is 0.590. The van der Waals surface area contributed by atoms with Crippen molar-refractivity contribution in [3.8, 4) is 11.3 Å². The molecule has 0 amide bonds. The zero-order chi connectivity index (χ0) is 35.4. The Balaban J connectivity index is 1.37. The summed E-state index contributed by atoms with van der Waals surface area (Å²) in [7, 11) is 0. The van der Waals surface area contributed by atoms with Crippen molar-refractivity contribution in [2.75, 3.05) is 31.7 Å². The minimum atomic E-state index is -2.59. The molecule has 2 N–H and O–H groups in total. The largest absolute Gasteiger partial charge is 0.415 e. The van der Waals surface area contributed by atoms with Crippen molar-refractivity contribution in [1.29, 1.82) is 0 Å². The van der Waals surface area contributed by atoms with E-state index in [1.165, 1.54) is 18.3 Å². The number of nitrogens with zero attached hydrogens (tertiary/aromatic N) is 4. The van der Waals surface area contributed by atoms with Gasteiger partial charge in [0.05, 0.1) is 36.9 Å². The maximum Gasteiger partial charge on any atom is 0.313 e. The van der Waals surface area contributed by atoms with E-state index < -0.39 is 12.0 Å². The number of nitrogens with one attached hydrogen (secondary N) is 1. The highest BCUT2D eigenvalue weighted by Gasteiger charge is 2.40. The summed E-state index contributed by atoms with van der Waals surface area (Å²) in [6.45, 7) is 14.0.